The fourth-order valence-electron chi connectivity index (χ4n) is 1.97. The van der Waals surface area contributed by atoms with E-state index in [0.717, 1.165) is 6.92 Å². The standard InChI is InChI=1S/C15H11Cl2NO5/c1-6(18-12-8(16)4-3-5-9(12)17)10-13(20)11(7(2)19)15(22)23-14(10)21/h3-5,20,22H,1-2H3. The number of aromatic hydroxyl groups is 2. The van der Waals surface area contributed by atoms with E-state index in [4.69, 9.17) is 23.2 Å². The van der Waals surface area contributed by atoms with E-state index < -0.39 is 28.7 Å². The van der Waals surface area contributed by atoms with E-state index in [2.05, 4.69) is 9.41 Å². The van der Waals surface area contributed by atoms with E-state index in [1.165, 1.54) is 6.92 Å². The van der Waals surface area contributed by atoms with Gasteiger partial charge in [0.05, 0.1) is 15.8 Å². The quantitative estimate of drug-likeness (QED) is 0.645. The van der Waals surface area contributed by atoms with Gasteiger partial charge in [-0.05, 0) is 26.0 Å². The number of carbonyl (C=O) groups is 1. The maximum absolute atomic E-state index is 11.9. The summed E-state index contributed by atoms with van der Waals surface area (Å²) in [5.41, 5.74) is -1.68. The number of halogens is 2. The zero-order valence-corrected chi connectivity index (χ0v) is 13.6. The molecule has 0 fully saturated rings. The SMILES string of the molecule is CC(=O)c1c(O)oc(=O)c(C(C)=Nc2c(Cl)cccc2Cl)c1O. The third-order valence-corrected chi connectivity index (χ3v) is 3.62. The Morgan fingerprint density at radius 1 is 1.13 bits per heavy atom. The van der Waals surface area contributed by atoms with Gasteiger partial charge < -0.3 is 14.6 Å². The van der Waals surface area contributed by atoms with Crippen LogP contribution in [0, 0.1) is 0 Å². The number of hydrogen-bond acceptors (Lipinski definition) is 6. The van der Waals surface area contributed by atoms with Gasteiger partial charge in [0.1, 0.15) is 22.6 Å². The zero-order valence-electron chi connectivity index (χ0n) is 12.1. The molecule has 0 unspecified atom stereocenters. The van der Waals surface area contributed by atoms with Crippen LogP contribution in [-0.4, -0.2) is 21.7 Å². The Hall–Kier alpha value is -2.31. The first-order valence-electron chi connectivity index (χ1n) is 6.33. The van der Waals surface area contributed by atoms with Crippen LogP contribution in [0.5, 0.6) is 11.7 Å². The summed E-state index contributed by atoms with van der Waals surface area (Å²) in [7, 11) is 0. The lowest BCUT2D eigenvalue weighted by molar-refractivity contribution is 0.100. The van der Waals surface area contributed by atoms with Crippen molar-refractivity contribution >= 4 is 40.4 Å². The molecule has 2 N–H and O–H groups in total. The molecule has 0 atom stereocenters. The van der Waals surface area contributed by atoms with Gasteiger partial charge in [-0.15, -0.1) is 0 Å². The lowest BCUT2D eigenvalue weighted by Gasteiger charge is -2.08. The molecule has 2 aromatic rings. The van der Waals surface area contributed by atoms with Crippen molar-refractivity contribution in [1.82, 2.24) is 0 Å². The molecule has 0 aliphatic heterocycles. The minimum Gasteiger partial charge on any atom is -0.506 e. The largest absolute Gasteiger partial charge is 0.506 e. The maximum Gasteiger partial charge on any atom is 0.351 e. The lowest BCUT2D eigenvalue weighted by atomic mass is 10.1. The highest BCUT2D eigenvalue weighted by Gasteiger charge is 2.24. The molecule has 120 valence electrons. The summed E-state index contributed by atoms with van der Waals surface area (Å²) in [5, 5.41) is 20.1. The molecule has 8 heteroatoms. The molecule has 0 saturated heterocycles. The minimum absolute atomic E-state index is 0.0220. The number of Topliss-reactive ketones (excluding diaryl/α,β-unsaturated/α-hetero) is 1. The topological polar surface area (TPSA) is 100 Å². The van der Waals surface area contributed by atoms with Gasteiger partial charge in [-0.1, -0.05) is 29.3 Å². The molecule has 23 heavy (non-hydrogen) atoms. The molecule has 2 rings (SSSR count). The maximum atomic E-state index is 11.9. The fourth-order valence-corrected chi connectivity index (χ4v) is 2.45. The van der Waals surface area contributed by atoms with Gasteiger partial charge in [0, 0.05) is 0 Å². The summed E-state index contributed by atoms with van der Waals surface area (Å²) < 4.78 is 4.57. The van der Waals surface area contributed by atoms with E-state index in [9.17, 15) is 19.8 Å². The Kier molecular flexibility index (Phi) is 4.77. The van der Waals surface area contributed by atoms with Gasteiger partial charge in [0.2, 0.25) is 0 Å². The number of hydrogen-bond donors (Lipinski definition) is 2. The van der Waals surface area contributed by atoms with Crippen LogP contribution in [-0.2, 0) is 0 Å². The third kappa shape index (κ3) is 3.23. The first-order chi connectivity index (χ1) is 10.7. The van der Waals surface area contributed by atoms with Crippen molar-refractivity contribution in [2.75, 3.05) is 0 Å². The van der Waals surface area contributed by atoms with Crippen LogP contribution in [0.3, 0.4) is 0 Å². The van der Waals surface area contributed by atoms with Crippen LogP contribution in [0.2, 0.25) is 10.0 Å². The molecule has 1 heterocycles. The van der Waals surface area contributed by atoms with Crippen LogP contribution in [0.4, 0.5) is 5.69 Å². The highest BCUT2D eigenvalue weighted by Crippen LogP contribution is 2.34. The van der Waals surface area contributed by atoms with E-state index in [0.29, 0.717) is 0 Å². The number of nitrogens with zero attached hydrogens (tertiary/aromatic N) is 1. The Morgan fingerprint density at radius 2 is 1.70 bits per heavy atom. The van der Waals surface area contributed by atoms with Crippen LogP contribution < -0.4 is 5.63 Å². The zero-order chi connectivity index (χ0) is 17.3. The van der Waals surface area contributed by atoms with Crippen LogP contribution in [0.25, 0.3) is 0 Å². The number of ketones is 1. The number of para-hydroxylation sites is 1. The van der Waals surface area contributed by atoms with Crippen molar-refractivity contribution in [2.24, 2.45) is 4.99 Å². The lowest BCUT2D eigenvalue weighted by Crippen LogP contribution is -2.15. The summed E-state index contributed by atoms with van der Waals surface area (Å²) >= 11 is 12.0. The van der Waals surface area contributed by atoms with Crippen LogP contribution in [0.1, 0.15) is 29.8 Å². The van der Waals surface area contributed by atoms with E-state index in [-0.39, 0.29) is 27.0 Å². The summed E-state index contributed by atoms with van der Waals surface area (Å²) in [6, 6.07) is 4.73. The molecule has 0 radical (unpaired) electrons. The molecular formula is C15H11Cl2NO5. The number of carbonyl (C=O) groups excluding carboxylic acids is 1. The Bertz CT molecular complexity index is 866. The second-order valence-electron chi connectivity index (χ2n) is 4.62. The second-order valence-corrected chi connectivity index (χ2v) is 5.43. The summed E-state index contributed by atoms with van der Waals surface area (Å²) in [6.07, 6.45) is 0. The average Bonchev–Trinajstić information content (AvgIpc) is 2.41. The molecule has 6 nitrogen and oxygen atoms in total. The van der Waals surface area contributed by atoms with Crippen molar-refractivity contribution in [3.05, 3.63) is 49.8 Å². The molecule has 0 aliphatic rings. The summed E-state index contributed by atoms with van der Waals surface area (Å²) in [4.78, 5) is 27.5. The molecule has 0 aliphatic carbocycles. The average molecular weight is 356 g/mol. The number of benzene rings is 1. The molecule has 0 saturated carbocycles. The Morgan fingerprint density at radius 3 is 2.22 bits per heavy atom. The van der Waals surface area contributed by atoms with Gasteiger partial charge in [-0.2, -0.15) is 0 Å². The van der Waals surface area contributed by atoms with Gasteiger partial charge in [0.25, 0.3) is 5.95 Å². The van der Waals surface area contributed by atoms with Crippen molar-refractivity contribution in [3.63, 3.8) is 0 Å². The normalized spacial score (nSPS) is 11.6. The molecule has 0 spiro atoms. The van der Waals surface area contributed by atoms with Crippen LogP contribution >= 0.6 is 23.2 Å². The number of rotatable bonds is 3. The molecule has 1 aromatic carbocycles. The summed E-state index contributed by atoms with van der Waals surface area (Å²) in [6.45, 7) is 2.52. The van der Waals surface area contributed by atoms with Crippen molar-refractivity contribution in [2.45, 2.75) is 13.8 Å². The molecule has 1 aromatic heterocycles. The van der Waals surface area contributed by atoms with Gasteiger partial charge in [-0.3, -0.25) is 4.79 Å². The van der Waals surface area contributed by atoms with Gasteiger partial charge >= 0.3 is 5.63 Å². The minimum atomic E-state index is -1.05. The molecular weight excluding hydrogens is 345 g/mol. The molecule has 0 bridgehead atoms. The van der Waals surface area contributed by atoms with Gasteiger partial charge in [0.15, 0.2) is 5.78 Å². The first-order valence-corrected chi connectivity index (χ1v) is 7.09. The Labute approximate surface area is 140 Å². The third-order valence-electron chi connectivity index (χ3n) is 3.01. The highest BCUT2D eigenvalue weighted by molar-refractivity contribution is 6.39. The summed E-state index contributed by atoms with van der Waals surface area (Å²) in [5.74, 6) is -2.34. The van der Waals surface area contributed by atoms with E-state index in [1.807, 2.05) is 0 Å². The van der Waals surface area contributed by atoms with Crippen molar-refractivity contribution < 1.29 is 19.4 Å². The van der Waals surface area contributed by atoms with E-state index >= 15 is 0 Å². The second kappa shape index (κ2) is 6.44. The Balaban J connectivity index is 2.72. The van der Waals surface area contributed by atoms with Gasteiger partial charge in [-0.25, -0.2) is 9.79 Å². The fraction of sp³-hybridized carbons (Fsp3) is 0.133. The smallest absolute Gasteiger partial charge is 0.351 e. The predicted molar refractivity (Wildman–Crippen MR) is 86.6 cm³/mol. The first kappa shape index (κ1) is 17.1. The van der Waals surface area contributed by atoms with Crippen molar-refractivity contribution in [1.29, 1.82) is 0 Å². The van der Waals surface area contributed by atoms with Crippen molar-refractivity contribution in [3.8, 4) is 11.7 Å². The predicted octanol–water partition coefficient (Wildman–Crippen LogP) is 3.70. The highest BCUT2D eigenvalue weighted by atomic mass is 35.5. The molecule has 0 amide bonds. The number of aliphatic imine (C=N–C) groups is 1. The van der Waals surface area contributed by atoms with Crippen LogP contribution in [0.15, 0.2) is 32.4 Å². The van der Waals surface area contributed by atoms with E-state index in [1.54, 1.807) is 18.2 Å². The monoisotopic (exact) mass is 355 g/mol.